The van der Waals surface area contributed by atoms with E-state index in [4.69, 9.17) is 0 Å². The van der Waals surface area contributed by atoms with Crippen molar-refractivity contribution in [1.82, 2.24) is 9.80 Å². The van der Waals surface area contributed by atoms with E-state index in [1.54, 1.807) is 0 Å². The van der Waals surface area contributed by atoms with E-state index in [1.807, 2.05) is 0 Å². The second kappa shape index (κ2) is 12.9. The van der Waals surface area contributed by atoms with Crippen LogP contribution in [-0.2, 0) is 4.79 Å². The van der Waals surface area contributed by atoms with Gasteiger partial charge in [0.2, 0.25) is 0 Å². The molecule has 0 spiro atoms. The molecule has 0 radical (unpaired) electrons. The summed E-state index contributed by atoms with van der Waals surface area (Å²) in [5, 5.41) is 4.45. The Balaban J connectivity index is 1.36. The molecular weight excluding hydrogens is 471 g/mol. The summed E-state index contributed by atoms with van der Waals surface area (Å²) in [5.41, 5.74) is 0.187. The van der Waals surface area contributed by atoms with Crippen LogP contribution >= 0.6 is 7.26 Å². The van der Waals surface area contributed by atoms with Gasteiger partial charge in [-0.1, -0.05) is 0 Å². The molecule has 4 rings (SSSR count). The zero-order valence-corrected chi connectivity index (χ0v) is 24.0. The summed E-state index contributed by atoms with van der Waals surface area (Å²) in [6.45, 7) is 10.5. The molecule has 3 aromatic carbocycles. The normalized spacial score (nSPS) is 15.5. The van der Waals surface area contributed by atoms with Gasteiger partial charge in [0.1, 0.15) is 0 Å². The van der Waals surface area contributed by atoms with Crippen molar-refractivity contribution in [1.29, 1.82) is 0 Å². The van der Waals surface area contributed by atoms with Crippen molar-refractivity contribution in [3.05, 3.63) is 91.0 Å². The van der Waals surface area contributed by atoms with Gasteiger partial charge in [-0.15, -0.1) is 0 Å². The second-order valence-electron chi connectivity index (χ2n) is 11.5. The predicted octanol–water partition coefficient (Wildman–Crippen LogP) is 5.61. The number of hydrogen-bond acceptors (Lipinski definition) is 2. The molecule has 0 unspecified atom stereocenters. The van der Waals surface area contributed by atoms with Crippen LogP contribution in [-0.4, -0.2) is 53.6 Å². The fourth-order valence-corrected chi connectivity index (χ4v) is 10.8. The molecule has 1 heterocycles. The summed E-state index contributed by atoms with van der Waals surface area (Å²) in [4.78, 5) is 17.4. The maximum atomic E-state index is 12.8. The van der Waals surface area contributed by atoms with E-state index < -0.39 is 7.26 Å². The third-order valence-corrected chi connectivity index (χ3v) is 13.1. The quantitative estimate of drug-likeness (QED) is 0.259. The van der Waals surface area contributed by atoms with Gasteiger partial charge >= 0.3 is 205 Å². The topological polar surface area (TPSA) is 23.6 Å². The van der Waals surface area contributed by atoms with E-state index >= 15 is 0 Å². The first-order chi connectivity index (χ1) is 17.9. The van der Waals surface area contributed by atoms with Crippen molar-refractivity contribution in [2.75, 3.05) is 32.3 Å². The summed E-state index contributed by atoms with van der Waals surface area (Å²) in [7, 11) is -2.13. The molecule has 0 N–H and O–H groups in total. The Kier molecular flexibility index (Phi) is 9.57. The first kappa shape index (κ1) is 27.6. The standard InChI is InChI=1S/C33H45N2OP/c1-33(2,3)35-26-24-34(25-27-35)32(36)23-15-4-5-16-28-37(29-17-9-6-10-18-29,30-19-11-7-12-20-30)31-21-13-8-14-22-31/h6-14,17-22,37H,4-5,15-16,23-28H2,1-3H3. The summed E-state index contributed by atoms with van der Waals surface area (Å²) in [5.74, 6) is 0.343. The van der Waals surface area contributed by atoms with Crippen LogP contribution in [0.1, 0.15) is 52.9 Å². The first-order valence-corrected chi connectivity index (χ1v) is 16.3. The van der Waals surface area contributed by atoms with Gasteiger partial charge in [0.25, 0.3) is 0 Å². The number of benzene rings is 3. The van der Waals surface area contributed by atoms with Crippen molar-refractivity contribution in [2.45, 2.75) is 58.4 Å². The van der Waals surface area contributed by atoms with Gasteiger partial charge in [0.05, 0.1) is 0 Å². The molecule has 198 valence electrons. The molecule has 1 amide bonds. The van der Waals surface area contributed by atoms with Crippen LogP contribution in [0.2, 0.25) is 0 Å². The van der Waals surface area contributed by atoms with Crippen LogP contribution in [0.4, 0.5) is 0 Å². The molecule has 0 aliphatic carbocycles. The molecule has 1 aliphatic rings. The molecule has 37 heavy (non-hydrogen) atoms. The fraction of sp³-hybridized carbons (Fsp3) is 0.424. The zero-order chi connectivity index (χ0) is 26.1. The number of carbonyl (C=O) groups excluding carboxylic acids is 1. The van der Waals surface area contributed by atoms with Crippen molar-refractivity contribution in [3.8, 4) is 0 Å². The average Bonchev–Trinajstić information content (AvgIpc) is 2.94. The molecule has 1 saturated heterocycles. The summed E-state index contributed by atoms with van der Waals surface area (Å²) >= 11 is 0. The number of rotatable bonds is 10. The molecule has 1 aliphatic heterocycles. The Morgan fingerprint density at radius 3 is 1.51 bits per heavy atom. The molecule has 0 aromatic heterocycles. The van der Waals surface area contributed by atoms with Gasteiger partial charge in [0.15, 0.2) is 0 Å². The van der Waals surface area contributed by atoms with Crippen LogP contribution in [0.3, 0.4) is 0 Å². The van der Waals surface area contributed by atoms with E-state index in [1.165, 1.54) is 34.9 Å². The van der Waals surface area contributed by atoms with Crippen molar-refractivity contribution >= 4 is 29.1 Å². The van der Waals surface area contributed by atoms with Crippen molar-refractivity contribution in [3.63, 3.8) is 0 Å². The van der Waals surface area contributed by atoms with Crippen LogP contribution in [0.15, 0.2) is 91.0 Å². The summed E-state index contributed by atoms with van der Waals surface area (Å²) in [6.07, 6.45) is 6.35. The third-order valence-electron chi connectivity index (χ3n) is 8.07. The van der Waals surface area contributed by atoms with Crippen molar-refractivity contribution < 1.29 is 4.79 Å². The molecule has 3 aromatic rings. The van der Waals surface area contributed by atoms with Crippen LogP contribution in [0.5, 0.6) is 0 Å². The van der Waals surface area contributed by atoms with Gasteiger partial charge in [-0.25, -0.2) is 0 Å². The molecule has 1 fully saturated rings. The van der Waals surface area contributed by atoms with E-state index in [9.17, 15) is 4.79 Å². The number of hydrogen-bond donors (Lipinski definition) is 0. The van der Waals surface area contributed by atoms with E-state index in [0.717, 1.165) is 39.0 Å². The maximum absolute atomic E-state index is 12.8. The van der Waals surface area contributed by atoms with E-state index in [0.29, 0.717) is 12.3 Å². The van der Waals surface area contributed by atoms with Gasteiger partial charge < -0.3 is 0 Å². The van der Waals surface area contributed by atoms with Crippen molar-refractivity contribution in [2.24, 2.45) is 0 Å². The Morgan fingerprint density at radius 2 is 1.08 bits per heavy atom. The second-order valence-corrected chi connectivity index (χ2v) is 15.5. The minimum atomic E-state index is -2.13. The Hall–Kier alpha value is -2.48. The summed E-state index contributed by atoms with van der Waals surface area (Å²) < 4.78 is 0. The average molecular weight is 517 g/mol. The number of amides is 1. The number of nitrogens with zero attached hydrogens (tertiary/aromatic N) is 2. The van der Waals surface area contributed by atoms with Gasteiger partial charge in [0, 0.05) is 0 Å². The van der Waals surface area contributed by atoms with Crippen LogP contribution in [0, 0.1) is 0 Å². The van der Waals surface area contributed by atoms with Gasteiger partial charge in [-0.2, -0.15) is 0 Å². The molecule has 0 bridgehead atoms. The van der Waals surface area contributed by atoms with Crippen LogP contribution in [0.25, 0.3) is 0 Å². The molecular formula is C33H45N2OP. The predicted molar refractivity (Wildman–Crippen MR) is 162 cm³/mol. The molecule has 3 nitrogen and oxygen atoms in total. The number of piperazine rings is 1. The first-order valence-electron chi connectivity index (χ1n) is 14.1. The molecule has 0 saturated carbocycles. The van der Waals surface area contributed by atoms with E-state index in [2.05, 4.69) is 122 Å². The molecule has 0 atom stereocenters. The molecule has 4 heteroatoms. The monoisotopic (exact) mass is 516 g/mol. The summed E-state index contributed by atoms with van der Waals surface area (Å²) in [6, 6.07) is 33.5. The van der Waals surface area contributed by atoms with E-state index in [-0.39, 0.29) is 5.54 Å². The van der Waals surface area contributed by atoms with Gasteiger partial charge in [-0.3, -0.25) is 0 Å². The van der Waals surface area contributed by atoms with Gasteiger partial charge in [-0.05, 0) is 20.8 Å². The third kappa shape index (κ3) is 6.89. The zero-order valence-electron chi connectivity index (χ0n) is 23.0. The van der Waals surface area contributed by atoms with Crippen LogP contribution < -0.4 is 15.9 Å². The number of unbranched alkanes of at least 4 members (excludes halogenated alkanes) is 3. The minimum absolute atomic E-state index is 0.187. The SMILES string of the molecule is CC(C)(C)N1CCN(C(=O)CCCCCC[PH](c2ccccc2)(c2ccccc2)c2ccccc2)CC1. The Bertz CT molecular complexity index is 991. The Labute approximate surface area is 225 Å². The number of carbonyl (C=O) groups is 1. The fourth-order valence-electron chi connectivity index (χ4n) is 5.91. The Morgan fingerprint density at radius 1 is 0.649 bits per heavy atom.